The molecule has 1 atom stereocenters. The molecule has 0 saturated carbocycles. The number of esters is 1. The van der Waals surface area contributed by atoms with E-state index in [4.69, 9.17) is 4.74 Å². The van der Waals surface area contributed by atoms with Crippen molar-refractivity contribution >= 4 is 5.97 Å². The molecule has 4 heterocycles. The van der Waals surface area contributed by atoms with Crippen LogP contribution >= 0.6 is 0 Å². The Balaban J connectivity index is 1.30. The van der Waals surface area contributed by atoms with E-state index in [0.717, 1.165) is 77.1 Å². The van der Waals surface area contributed by atoms with E-state index in [0.29, 0.717) is 0 Å². The third-order valence-electron chi connectivity index (χ3n) is 6.67. The molecule has 3 aliphatic heterocycles. The smallest absolute Gasteiger partial charge is 0.312 e. The molecule has 0 bridgehead atoms. The van der Waals surface area contributed by atoms with Crippen LogP contribution in [-0.2, 0) is 16.1 Å². The fourth-order valence-corrected chi connectivity index (χ4v) is 4.80. The molecule has 6 nitrogen and oxygen atoms in total. The molecule has 0 amide bonds. The minimum Gasteiger partial charge on any atom is -0.461 e. The van der Waals surface area contributed by atoms with Gasteiger partial charge in [-0.2, -0.15) is 0 Å². The summed E-state index contributed by atoms with van der Waals surface area (Å²) in [7, 11) is 0. The zero-order valence-electron chi connectivity index (χ0n) is 16.3. The average molecular weight is 373 g/mol. The lowest BCUT2D eigenvalue weighted by atomic mass is 9.76. The van der Waals surface area contributed by atoms with Gasteiger partial charge in [0.15, 0.2) is 0 Å². The molecule has 4 rings (SSSR count). The second kappa shape index (κ2) is 7.86. The van der Waals surface area contributed by atoms with Crippen molar-refractivity contribution in [2.45, 2.75) is 57.8 Å². The number of hydrogen-bond donors (Lipinski definition) is 1. The first-order valence-corrected chi connectivity index (χ1v) is 10.3. The van der Waals surface area contributed by atoms with Crippen LogP contribution in [0, 0.1) is 12.3 Å². The maximum Gasteiger partial charge on any atom is 0.312 e. The number of cyclic esters (lactones) is 1. The Morgan fingerprint density at radius 2 is 1.96 bits per heavy atom. The molecule has 0 aliphatic carbocycles. The van der Waals surface area contributed by atoms with Gasteiger partial charge < -0.3 is 9.84 Å². The molecule has 0 radical (unpaired) electrons. The zero-order valence-corrected chi connectivity index (χ0v) is 16.3. The summed E-state index contributed by atoms with van der Waals surface area (Å²) in [6.07, 6.45) is 5.97. The van der Waals surface area contributed by atoms with E-state index in [1.54, 1.807) is 0 Å². The second-order valence-corrected chi connectivity index (χ2v) is 8.57. The number of hydrogen-bond acceptors (Lipinski definition) is 6. The molecular formula is C21H31N3O3. The van der Waals surface area contributed by atoms with Gasteiger partial charge in [0.2, 0.25) is 0 Å². The van der Waals surface area contributed by atoms with Crippen LogP contribution in [0.25, 0.3) is 0 Å². The number of rotatable bonds is 4. The van der Waals surface area contributed by atoms with Gasteiger partial charge in [0.1, 0.15) is 6.10 Å². The van der Waals surface area contributed by atoms with Crippen molar-refractivity contribution in [2.75, 3.05) is 32.7 Å². The molecular weight excluding hydrogens is 342 g/mol. The summed E-state index contributed by atoms with van der Waals surface area (Å²) in [5, 5.41) is 9.66. The number of pyridine rings is 1. The monoisotopic (exact) mass is 373 g/mol. The first-order valence-electron chi connectivity index (χ1n) is 10.3. The Morgan fingerprint density at radius 3 is 2.67 bits per heavy atom. The summed E-state index contributed by atoms with van der Waals surface area (Å²) in [6, 6.07) is 4.13. The number of aryl methyl sites for hydroxylation is 1. The minimum atomic E-state index is -0.277. The lowest BCUT2D eigenvalue weighted by Crippen LogP contribution is -2.42. The zero-order chi connectivity index (χ0) is 18.9. The third-order valence-corrected chi connectivity index (χ3v) is 6.67. The van der Waals surface area contributed by atoms with Crippen LogP contribution in [0.4, 0.5) is 0 Å². The quantitative estimate of drug-likeness (QED) is 0.811. The fourth-order valence-electron chi connectivity index (χ4n) is 4.80. The average Bonchev–Trinajstić information content (AvgIpc) is 2.96. The van der Waals surface area contributed by atoms with Crippen LogP contribution in [0.2, 0.25) is 0 Å². The van der Waals surface area contributed by atoms with Crippen molar-refractivity contribution in [2.24, 2.45) is 5.41 Å². The van der Waals surface area contributed by atoms with E-state index in [1.807, 2.05) is 12.3 Å². The number of carbonyl (C=O) groups is 1. The summed E-state index contributed by atoms with van der Waals surface area (Å²) in [4.78, 5) is 21.8. The first-order chi connectivity index (χ1) is 13.0. The number of carbonyl (C=O) groups excluding carboxylic acids is 1. The van der Waals surface area contributed by atoms with Crippen molar-refractivity contribution in [1.29, 1.82) is 0 Å². The van der Waals surface area contributed by atoms with E-state index in [2.05, 4.69) is 27.8 Å². The van der Waals surface area contributed by atoms with Crippen molar-refractivity contribution in [1.82, 2.24) is 14.8 Å². The molecule has 3 fully saturated rings. The lowest BCUT2D eigenvalue weighted by Gasteiger charge is -2.37. The maximum absolute atomic E-state index is 12.7. The van der Waals surface area contributed by atoms with Gasteiger partial charge in [0.05, 0.1) is 11.5 Å². The fraction of sp³-hybridized carbons (Fsp3) is 0.714. The van der Waals surface area contributed by atoms with Gasteiger partial charge >= 0.3 is 5.97 Å². The normalized spacial score (nSPS) is 27.2. The second-order valence-electron chi connectivity index (χ2n) is 8.57. The highest BCUT2D eigenvalue weighted by atomic mass is 16.6. The summed E-state index contributed by atoms with van der Waals surface area (Å²) in [6.45, 7) is 7.46. The Labute approximate surface area is 161 Å². The first kappa shape index (κ1) is 18.8. The SMILES string of the molecule is Cc1ncccc1CN1CCC2(CC1)CC(CN1CCC(O)CC1)OC2=O. The summed E-state index contributed by atoms with van der Waals surface area (Å²) in [5.41, 5.74) is 2.08. The van der Waals surface area contributed by atoms with E-state index in [1.165, 1.54) is 5.56 Å². The van der Waals surface area contributed by atoms with Gasteiger partial charge in [-0.3, -0.25) is 19.6 Å². The van der Waals surface area contributed by atoms with Crippen LogP contribution in [0.5, 0.6) is 0 Å². The molecule has 1 aromatic heterocycles. The number of likely N-dealkylation sites (tertiary alicyclic amines) is 2. The van der Waals surface area contributed by atoms with Gasteiger partial charge in [0.25, 0.3) is 0 Å². The molecule has 1 aromatic rings. The van der Waals surface area contributed by atoms with Crippen LogP contribution in [0.3, 0.4) is 0 Å². The highest BCUT2D eigenvalue weighted by Gasteiger charge is 2.50. The number of aliphatic hydroxyl groups excluding tert-OH is 1. The molecule has 27 heavy (non-hydrogen) atoms. The predicted octanol–water partition coefficient (Wildman–Crippen LogP) is 1.74. The maximum atomic E-state index is 12.7. The molecule has 1 spiro atoms. The molecule has 0 aromatic carbocycles. The predicted molar refractivity (Wildman–Crippen MR) is 102 cm³/mol. The van der Waals surface area contributed by atoms with Gasteiger partial charge in [0, 0.05) is 44.5 Å². The van der Waals surface area contributed by atoms with Crippen molar-refractivity contribution < 1.29 is 14.6 Å². The minimum absolute atomic E-state index is 0.0138. The molecule has 1 N–H and O–H groups in total. The number of aromatic nitrogens is 1. The third kappa shape index (κ3) is 4.18. The number of piperidine rings is 2. The van der Waals surface area contributed by atoms with Gasteiger partial charge in [-0.25, -0.2) is 0 Å². The van der Waals surface area contributed by atoms with Crippen molar-refractivity contribution in [3.63, 3.8) is 0 Å². The Hall–Kier alpha value is -1.50. The number of aliphatic hydroxyl groups is 1. The number of nitrogens with zero attached hydrogens (tertiary/aromatic N) is 3. The van der Waals surface area contributed by atoms with Crippen LogP contribution in [0.15, 0.2) is 18.3 Å². The van der Waals surface area contributed by atoms with Gasteiger partial charge in [-0.15, -0.1) is 0 Å². The van der Waals surface area contributed by atoms with E-state index < -0.39 is 0 Å². The molecule has 3 aliphatic rings. The molecule has 6 heteroatoms. The Bertz CT molecular complexity index is 664. The van der Waals surface area contributed by atoms with Crippen molar-refractivity contribution in [3.05, 3.63) is 29.6 Å². The van der Waals surface area contributed by atoms with E-state index in [-0.39, 0.29) is 23.6 Å². The standard InChI is InChI=1S/C21H31N3O3/c1-16-17(3-2-8-22-16)14-24-11-6-21(7-12-24)13-19(27-20(21)26)15-23-9-4-18(25)5-10-23/h2-3,8,18-19,25H,4-7,9-15H2,1H3. The largest absolute Gasteiger partial charge is 0.461 e. The highest BCUT2D eigenvalue weighted by Crippen LogP contribution is 2.43. The lowest BCUT2D eigenvalue weighted by molar-refractivity contribution is -0.151. The van der Waals surface area contributed by atoms with Crippen LogP contribution < -0.4 is 0 Å². The molecule has 148 valence electrons. The van der Waals surface area contributed by atoms with Crippen LogP contribution in [-0.4, -0.2) is 70.8 Å². The van der Waals surface area contributed by atoms with E-state index >= 15 is 0 Å². The Kier molecular flexibility index (Phi) is 5.48. The highest BCUT2D eigenvalue weighted by molar-refractivity contribution is 5.79. The Morgan fingerprint density at radius 1 is 1.22 bits per heavy atom. The van der Waals surface area contributed by atoms with Crippen LogP contribution in [0.1, 0.15) is 43.4 Å². The number of ether oxygens (including phenoxy) is 1. The van der Waals surface area contributed by atoms with Crippen molar-refractivity contribution in [3.8, 4) is 0 Å². The van der Waals surface area contributed by atoms with E-state index in [9.17, 15) is 9.90 Å². The summed E-state index contributed by atoms with van der Waals surface area (Å²) >= 11 is 0. The van der Waals surface area contributed by atoms with Gasteiger partial charge in [-0.05, 0) is 57.3 Å². The van der Waals surface area contributed by atoms with Gasteiger partial charge in [-0.1, -0.05) is 6.07 Å². The molecule has 1 unspecified atom stereocenters. The molecule has 3 saturated heterocycles. The topological polar surface area (TPSA) is 65.9 Å². The summed E-state index contributed by atoms with van der Waals surface area (Å²) < 4.78 is 5.79. The summed E-state index contributed by atoms with van der Waals surface area (Å²) in [5.74, 6) is 0.0155.